The van der Waals surface area contributed by atoms with Crippen LogP contribution in [0.25, 0.3) is 0 Å². The average molecular weight is 310 g/mol. The highest BCUT2D eigenvalue weighted by Gasteiger charge is 2.22. The highest BCUT2D eigenvalue weighted by atomic mass is 35.5. The molecule has 1 aliphatic rings. The van der Waals surface area contributed by atoms with E-state index in [0.29, 0.717) is 29.4 Å². The number of nitrogens with zero attached hydrogens (tertiary/aromatic N) is 5. The molecule has 0 aromatic carbocycles. The number of aryl methyl sites for hydroxylation is 1. The first-order valence-electron chi connectivity index (χ1n) is 6.84. The van der Waals surface area contributed by atoms with Gasteiger partial charge in [-0.1, -0.05) is 11.6 Å². The molecule has 1 saturated heterocycles. The number of piperidine rings is 1. The predicted octanol–water partition coefficient (Wildman–Crippen LogP) is 1.86. The summed E-state index contributed by atoms with van der Waals surface area (Å²) in [5, 5.41) is 8.35. The van der Waals surface area contributed by atoms with E-state index in [2.05, 4.69) is 25.1 Å². The summed E-state index contributed by atoms with van der Waals surface area (Å²) in [5.41, 5.74) is 0. The van der Waals surface area contributed by atoms with Gasteiger partial charge in [0.25, 0.3) is 0 Å². The molecule has 21 heavy (non-hydrogen) atoms. The second-order valence-corrected chi connectivity index (χ2v) is 5.43. The van der Waals surface area contributed by atoms with Crippen LogP contribution in [0.15, 0.2) is 16.8 Å². The van der Waals surface area contributed by atoms with E-state index >= 15 is 0 Å². The summed E-state index contributed by atoms with van der Waals surface area (Å²) >= 11 is 5.75. The molecule has 3 rings (SSSR count). The topological polar surface area (TPSA) is 77.2 Å². The predicted molar refractivity (Wildman–Crippen MR) is 75.0 cm³/mol. The van der Waals surface area contributed by atoms with E-state index in [0.717, 1.165) is 25.9 Å². The van der Waals surface area contributed by atoms with Crippen LogP contribution >= 0.6 is 11.6 Å². The lowest BCUT2D eigenvalue weighted by molar-refractivity contribution is 0.0846. The lowest BCUT2D eigenvalue weighted by Gasteiger charge is -2.30. The number of halogens is 1. The Morgan fingerprint density at radius 1 is 1.29 bits per heavy atom. The minimum atomic E-state index is 0.131. The van der Waals surface area contributed by atoms with Crippen LogP contribution in [-0.2, 0) is 6.54 Å². The first kappa shape index (κ1) is 14.2. The van der Waals surface area contributed by atoms with Gasteiger partial charge in [0.15, 0.2) is 0 Å². The van der Waals surface area contributed by atoms with Gasteiger partial charge in [-0.3, -0.25) is 4.90 Å². The van der Waals surface area contributed by atoms with E-state index in [9.17, 15) is 0 Å². The van der Waals surface area contributed by atoms with Gasteiger partial charge >= 0.3 is 6.01 Å². The summed E-state index contributed by atoms with van der Waals surface area (Å²) in [7, 11) is 0. The lowest BCUT2D eigenvalue weighted by atomic mass is 10.1. The third-order valence-electron chi connectivity index (χ3n) is 3.33. The summed E-state index contributed by atoms with van der Waals surface area (Å²) in [6.45, 7) is 4.31. The Bertz CT molecular complexity index is 581. The smallest absolute Gasteiger partial charge is 0.316 e. The first-order valence-corrected chi connectivity index (χ1v) is 7.22. The quantitative estimate of drug-likeness (QED) is 0.853. The first-order chi connectivity index (χ1) is 10.2. The zero-order valence-corrected chi connectivity index (χ0v) is 12.5. The third-order valence-corrected chi connectivity index (χ3v) is 3.53. The molecule has 7 nitrogen and oxygen atoms in total. The number of aromatic nitrogens is 4. The Morgan fingerprint density at radius 2 is 2.00 bits per heavy atom. The van der Waals surface area contributed by atoms with Crippen LogP contribution in [0.1, 0.15) is 24.6 Å². The monoisotopic (exact) mass is 309 g/mol. The van der Waals surface area contributed by atoms with Gasteiger partial charge in [-0.25, -0.2) is 9.97 Å². The Balaban J connectivity index is 1.47. The minimum absolute atomic E-state index is 0.131. The van der Waals surface area contributed by atoms with Gasteiger partial charge in [0, 0.05) is 20.0 Å². The molecule has 0 N–H and O–H groups in total. The fourth-order valence-electron chi connectivity index (χ4n) is 2.29. The molecule has 8 heteroatoms. The second-order valence-electron chi connectivity index (χ2n) is 4.99. The number of likely N-dealkylation sites (tertiary alicyclic amines) is 1. The van der Waals surface area contributed by atoms with E-state index in [1.165, 1.54) is 12.4 Å². The Hall–Kier alpha value is -1.73. The van der Waals surface area contributed by atoms with E-state index in [-0.39, 0.29) is 6.10 Å². The van der Waals surface area contributed by atoms with Crippen molar-refractivity contribution >= 4 is 11.6 Å². The van der Waals surface area contributed by atoms with Crippen molar-refractivity contribution in [1.29, 1.82) is 0 Å². The Kier molecular flexibility index (Phi) is 4.31. The third kappa shape index (κ3) is 3.89. The Morgan fingerprint density at radius 3 is 2.62 bits per heavy atom. The van der Waals surface area contributed by atoms with E-state index in [1.807, 2.05) is 0 Å². The molecule has 0 bridgehead atoms. The van der Waals surface area contributed by atoms with Crippen LogP contribution in [0.2, 0.25) is 5.02 Å². The van der Waals surface area contributed by atoms with Crippen molar-refractivity contribution in [2.75, 3.05) is 13.1 Å². The van der Waals surface area contributed by atoms with Gasteiger partial charge in [-0.2, -0.15) is 0 Å². The van der Waals surface area contributed by atoms with Gasteiger partial charge in [0.2, 0.25) is 11.8 Å². The molecule has 2 aromatic rings. The normalized spacial score (nSPS) is 17.0. The van der Waals surface area contributed by atoms with Crippen molar-refractivity contribution in [2.24, 2.45) is 0 Å². The molecule has 0 spiro atoms. The molecule has 0 radical (unpaired) electrons. The van der Waals surface area contributed by atoms with Crippen molar-refractivity contribution in [3.8, 4) is 6.01 Å². The van der Waals surface area contributed by atoms with Gasteiger partial charge in [-0.15, -0.1) is 10.2 Å². The molecule has 3 heterocycles. The van der Waals surface area contributed by atoms with Gasteiger partial charge in [0.1, 0.15) is 6.10 Å². The van der Waals surface area contributed by atoms with Crippen molar-refractivity contribution < 1.29 is 9.15 Å². The Labute approximate surface area is 127 Å². The van der Waals surface area contributed by atoms with Crippen LogP contribution in [0.4, 0.5) is 0 Å². The summed E-state index contributed by atoms with van der Waals surface area (Å²) in [4.78, 5) is 10.4. The molecule has 0 unspecified atom stereocenters. The zero-order valence-electron chi connectivity index (χ0n) is 11.7. The van der Waals surface area contributed by atoms with Crippen LogP contribution < -0.4 is 4.74 Å². The van der Waals surface area contributed by atoms with E-state index in [1.54, 1.807) is 6.92 Å². The summed E-state index contributed by atoms with van der Waals surface area (Å²) in [6.07, 6.45) is 5.04. The van der Waals surface area contributed by atoms with Crippen molar-refractivity contribution in [1.82, 2.24) is 25.1 Å². The zero-order chi connectivity index (χ0) is 14.7. The lowest BCUT2D eigenvalue weighted by Crippen LogP contribution is -2.38. The molecule has 0 amide bonds. The molecule has 112 valence electrons. The fraction of sp³-hybridized carbons (Fsp3) is 0.538. The molecular weight excluding hydrogens is 294 g/mol. The largest absolute Gasteiger partial charge is 0.460 e. The average Bonchev–Trinajstić information content (AvgIpc) is 2.89. The van der Waals surface area contributed by atoms with E-state index < -0.39 is 0 Å². The van der Waals surface area contributed by atoms with E-state index in [4.69, 9.17) is 20.8 Å². The van der Waals surface area contributed by atoms with Crippen molar-refractivity contribution in [3.05, 3.63) is 29.2 Å². The van der Waals surface area contributed by atoms with Crippen LogP contribution in [0.3, 0.4) is 0 Å². The van der Waals surface area contributed by atoms with Crippen LogP contribution in [-0.4, -0.2) is 44.3 Å². The molecular formula is C13H16ClN5O2. The molecule has 1 fully saturated rings. The number of hydrogen-bond donors (Lipinski definition) is 0. The standard InChI is InChI=1S/C13H16ClN5O2/c1-9-17-18-12(20-9)8-19-4-2-11(3-5-19)21-13-15-6-10(14)7-16-13/h6-7,11H,2-5,8H2,1H3. The number of rotatable bonds is 4. The maximum absolute atomic E-state index is 5.75. The van der Waals surface area contributed by atoms with Gasteiger partial charge in [-0.05, 0) is 12.8 Å². The molecule has 0 aliphatic carbocycles. The number of hydrogen-bond acceptors (Lipinski definition) is 7. The molecule has 1 aliphatic heterocycles. The maximum Gasteiger partial charge on any atom is 0.316 e. The summed E-state index contributed by atoms with van der Waals surface area (Å²) in [6, 6.07) is 0.380. The molecule has 0 atom stereocenters. The summed E-state index contributed by atoms with van der Waals surface area (Å²) < 4.78 is 11.1. The van der Waals surface area contributed by atoms with Crippen LogP contribution in [0, 0.1) is 6.92 Å². The molecule has 2 aromatic heterocycles. The number of ether oxygens (including phenoxy) is 1. The van der Waals surface area contributed by atoms with Crippen LogP contribution in [0.5, 0.6) is 6.01 Å². The fourth-order valence-corrected chi connectivity index (χ4v) is 2.39. The maximum atomic E-state index is 5.75. The second kappa shape index (κ2) is 6.36. The van der Waals surface area contributed by atoms with Crippen molar-refractivity contribution in [2.45, 2.75) is 32.4 Å². The summed E-state index contributed by atoms with van der Waals surface area (Å²) in [5.74, 6) is 1.26. The minimum Gasteiger partial charge on any atom is -0.460 e. The molecule has 0 saturated carbocycles. The SMILES string of the molecule is Cc1nnc(CN2CCC(Oc3ncc(Cl)cn3)CC2)o1. The highest BCUT2D eigenvalue weighted by Crippen LogP contribution is 2.18. The van der Waals surface area contributed by atoms with Crippen molar-refractivity contribution in [3.63, 3.8) is 0 Å². The van der Waals surface area contributed by atoms with Gasteiger partial charge in [0.05, 0.1) is 24.0 Å². The van der Waals surface area contributed by atoms with Gasteiger partial charge < -0.3 is 9.15 Å². The highest BCUT2D eigenvalue weighted by molar-refractivity contribution is 6.30.